The van der Waals surface area contributed by atoms with E-state index < -0.39 is 0 Å². The monoisotopic (exact) mass is 409 g/mol. The molecule has 0 bridgehead atoms. The second-order valence-electron chi connectivity index (χ2n) is 8.27. The van der Waals surface area contributed by atoms with Crippen LogP contribution in [-0.4, -0.2) is 35.4 Å². The predicted molar refractivity (Wildman–Crippen MR) is 128 cm³/mol. The zero-order valence-corrected chi connectivity index (χ0v) is 17.6. The fraction of sp³-hybridized carbons (Fsp3) is 0.222. The van der Waals surface area contributed by atoms with Crippen LogP contribution in [0.1, 0.15) is 28.8 Å². The number of fused-ring (bicyclic) bond motifs is 1. The molecule has 1 fully saturated rings. The van der Waals surface area contributed by atoms with E-state index in [2.05, 4.69) is 39.6 Å². The number of aromatic amines is 1. The predicted octanol–water partition coefficient (Wildman–Crippen LogP) is 5.73. The zero-order chi connectivity index (χ0) is 21.0. The highest BCUT2D eigenvalue weighted by molar-refractivity contribution is 6.05. The van der Waals surface area contributed by atoms with Gasteiger partial charge in [0.05, 0.1) is 0 Å². The normalized spacial score (nSPS) is 14.2. The summed E-state index contributed by atoms with van der Waals surface area (Å²) in [6.07, 6.45) is 5.76. The van der Waals surface area contributed by atoms with E-state index in [0.29, 0.717) is 5.56 Å². The molecule has 3 aromatic carbocycles. The summed E-state index contributed by atoms with van der Waals surface area (Å²) in [7, 11) is 0. The first-order valence-electron chi connectivity index (χ1n) is 11.1. The third-order valence-corrected chi connectivity index (χ3v) is 6.18. The van der Waals surface area contributed by atoms with Gasteiger partial charge in [-0.1, -0.05) is 42.5 Å². The average Bonchev–Trinajstić information content (AvgIpc) is 3.48. The number of H-pyrrole nitrogens is 1. The SMILES string of the molecule is O=C(Nc1ccc2[nH]cc(CCN3CCCC3)c2c1)c1ccc(-c2ccccc2)cc1. The molecule has 0 atom stereocenters. The molecule has 0 unspecified atom stereocenters. The van der Waals surface area contributed by atoms with Crippen molar-refractivity contribution in [1.82, 2.24) is 9.88 Å². The van der Waals surface area contributed by atoms with Crippen LogP contribution in [0.25, 0.3) is 22.0 Å². The zero-order valence-electron chi connectivity index (χ0n) is 17.6. The number of rotatable bonds is 6. The smallest absolute Gasteiger partial charge is 0.255 e. The molecular weight excluding hydrogens is 382 g/mol. The molecule has 1 saturated heterocycles. The Bertz CT molecular complexity index is 1170. The number of benzene rings is 3. The second kappa shape index (κ2) is 8.78. The average molecular weight is 410 g/mol. The van der Waals surface area contributed by atoms with E-state index in [1.807, 2.05) is 54.6 Å². The van der Waals surface area contributed by atoms with Crippen molar-refractivity contribution < 1.29 is 4.79 Å². The van der Waals surface area contributed by atoms with Crippen molar-refractivity contribution in [2.45, 2.75) is 19.3 Å². The summed E-state index contributed by atoms with van der Waals surface area (Å²) < 4.78 is 0. The van der Waals surface area contributed by atoms with Crippen molar-refractivity contribution in [3.05, 3.63) is 90.1 Å². The van der Waals surface area contributed by atoms with Crippen LogP contribution in [-0.2, 0) is 6.42 Å². The summed E-state index contributed by atoms with van der Waals surface area (Å²) in [5.74, 6) is -0.0897. The molecule has 4 aromatic rings. The van der Waals surface area contributed by atoms with Gasteiger partial charge in [0.1, 0.15) is 0 Å². The number of nitrogens with zero attached hydrogens (tertiary/aromatic N) is 1. The maximum absolute atomic E-state index is 12.8. The molecule has 156 valence electrons. The van der Waals surface area contributed by atoms with Crippen LogP contribution in [0.5, 0.6) is 0 Å². The molecule has 1 amide bonds. The molecule has 31 heavy (non-hydrogen) atoms. The Morgan fingerprint density at radius 2 is 1.65 bits per heavy atom. The standard InChI is InChI=1S/C27H27N3O/c31-27(22-10-8-21(9-11-22)20-6-2-1-3-7-20)29-24-12-13-26-25(18-24)23(19-28-26)14-17-30-15-4-5-16-30/h1-3,6-13,18-19,28H,4-5,14-17H2,(H,29,31). The summed E-state index contributed by atoms with van der Waals surface area (Å²) in [6.45, 7) is 3.52. The lowest BCUT2D eigenvalue weighted by molar-refractivity contribution is 0.102. The first kappa shape index (κ1) is 19.6. The summed E-state index contributed by atoms with van der Waals surface area (Å²) in [4.78, 5) is 18.7. The molecule has 4 nitrogen and oxygen atoms in total. The van der Waals surface area contributed by atoms with Gasteiger partial charge in [-0.2, -0.15) is 0 Å². The van der Waals surface area contributed by atoms with Gasteiger partial charge in [-0.25, -0.2) is 0 Å². The van der Waals surface area contributed by atoms with E-state index in [0.717, 1.165) is 35.3 Å². The summed E-state index contributed by atoms with van der Waals surface area (Å²) in [5, 5.41) is 4.25. The van der Waals surface area contributed by atoms with Crippen LogP contribution in [0.15, 0.2) is 79.0 Å². The van der Waals surface area contributed by atoms with Crippen LogP contribution < -0.4 is 5.32 Å². The number of carbonyl (C=O) groups excluding carboxylic acids is 1. The lowest BCUT2D eigenvalue weighted by Gasteiger charge is -2.13. The molecule has 0 aliphatic carbocycles. The van der Waals surface area contributed by atoms with Crippen LogP contribution in [0.2, 0.25) is 0 Å². The largest absolute Gasteiger partial charge is 0.361 e. The Kier molecular flexibility index (Phi) is 5.55. The minimum atomic E-state index is -0.0897. The fourth-order valence-corrected chi connectivity index (χ4v) is 4.40. The minimum Gasteiger partial charge on any atom is -0.361 e. The van der Waals surface area contributed by atoms with Gasteiger partial charge in [0, 0.05) is 34.9 Å². The molecule has 1 aliphatic rings. The first-order valence-corrected chi connectivity index (χ1v) is 11.1. The molecule has 2 N–H and O–H groups in total. The van der Waals surface area contributed by atoms with Gasteiger partial charge in [0.15, 0.2) is 0 Å². The Balaban J connectivity index is 1.29. The summed E-state index contributed by atoms with van der Waals surface area (Å²) in [5.41, 5.74) is 6.16. The van der Waals surface area contributed by atoms with E-state index in [9.17, 15) is 4.79 Å². The molecule has 5 rings (SSSR count). The fourth-order valence-electron chi connectivity index (χ4n) is 4.40. The van der Waals surface area contributed by atoms with E-state index in [4.69, 9.17) is 0 Å². The molecule has 1 aliphatic heterocycles. The third-order valence-electron chi connectivity index (χ3n) is 6.18. The maximum atomic E-state index is 12.8. The molecular formula is C27H27N3O. The quantitative estimate of drug-likeness (QED) is 0.427. The van der Waals surface area contributed by atoms with Crippen molar-refractivity contribution in [1.29, 1.82) is 0 Å². The van der Waals surface area contributed by atoms with Gasteiger partial charge in [0.25, 0.3) is 5.91 Å². The molecule has 0 radical (unpaired) electrons. The number of amides is 1. The van der Waals surface area contributed by atoms with Crippen molar-refractivity contribution in [3.63, 3.8) is 0 Å². The number of hydrogen-bond donors (Lipinski definition) is 2. The Morgan fingerprint density at radius 3 is 2.42 bits per heavy atom. The van der Waals surface area contributed by atoms with Crippen LogP contribution >= 0.6 is 0 Å². The third kappa shape index (κ3) is 4.39. The molecule has 0 saturated carbocycles. The second-order valence-corrected chi connectivity index (χ2v) is 8.27. The molecule has 4 heteroatoms. The van der Waals surface area contributed by atoms with E-state index in [1.165, 1.54) is 36.9 Å². The van der Waals surface area contributed by atoms with Crippen LogP contribution in [0.4, 0.5) is 5.69 Å². The van der Waals surface area contributed by atoms with Gasteiger partial charge in [-0.3, -0.25) is 4.79 Å². The lowest BCUT2D eigenvalue weighted by Crippen LogP contribution is -2.21. The van der Waals surface area contributed by atoms with Crippen LogP contribution in [0.3, 0.4) is 0 Å². The number of anilines is 1. The summed E-state index contributed by atoms with van der Waals surface area (Å²) >= 11 is 0. The molecule has 1 aromatic heterocycles. The van der Waals surface area contributed by atoms with E-state index in [-0.39, 0.29) is 5.91 Å². The van der Waals surface area contributed by atoms with Crippen molar-refractivity contribution >= 4 is 22.5 Å². The van der Waals surface area contributed by atoms with Gasteiger partial charge in [-0.15, -0.1) is 0 Å². The topological polar surface area (TPSA) is 48.1 Å². The Morgan fingerprint density at radius 1 is 0.903 bits per heavy atom. The van der Waals surface area contributed by atoms with Gasteiger partial charge >= 0.3 is 0 Å². The highest BCUT2D eigenvalue weighted by atomic mass is 16.1. The van der Waals surface area contributed by atoms with Crippen molar-refractivity contribution in [3.8, 4) is 11.1 Å². The highest BCUT2D eigenvalue weighted by Gasteiger charge is 2.13. The van der Waals surface area contributed by atoms with Crippen molar-refractivity contribution in [2.24, 2.45) is 0 Å². The lowest BCUT2D eigenvalue weighted by atomic mass is 10.0. The van der Waals surface area contributed by atoms with Crippen molar-refractivity contribution in [2.75, 3.05) is 25.0 Å². The van der Waals surface area contributed by atoms with Gasteiger partial charge in [-0.05, 0) is 79.4 Å². The molecule has 0 spiro atoms. The number of aromatic nitrogens is 1. The van der Waals surface area contributed by atoms with Gasteiger partial charge < -0.3 is 15.2 Å². The minimum absolute atomic E-state index is 0.0897. The van der Waals surface area contributed by atoms with E-state index in [1.54, 1.807) is 0 Å². The summed E-state index contributed by atoms with van der Waals surface area (Å²) in [6, 6.07) is 24.0. The highest BCUT2D eigenvalue weighted by Crippen LogP contribution is 2.24. The van der Waals surface area contributed by atoms with Gasteiger partial charge in [0.2, 0.25) is 0 Å². The number of likely N-dealkylation sites (tertiary alicyclic amines) is 1. The number of nitrogens with one attached hydrogen (secondary N) is 2. The maximum Gasteiger partial charge on any atom is 0.255 e. The Labute approximate surface area is 182 Å². The van der Waals surface area contributed by atoms with Crippen LogP contribution in [0, 0.1) is 0 Å². The molecule has 2 heterocycles. The Hall–Kier alpha value is -3.37. The first-order chi connectivity index (χ1) is 15.3. The van der Waals surface area contributed by atoms with E-state index >= 15 is 0 Å². The number of hydrogen-bond acceptors (Lipinski definition) is 2. The number of carbonyl (C=O) groups is 1.